The van der Waals surface area contributed by atoms with E-state index in [-0.39, 0.29) is 10.5 Å². The highest BCUT2D eigenvalue weighted by Crippen LogP contribution is 2.30. The van der Waals surface area contributed by atoms with Gasteiger partial charge in [0.2, 0.25) is 10.0 Å². The fourth-order valence-corrected chi connectivity index (χ4v) is 4.81. The van der Waals surface area contributed by atoms with E-state index in [1.807, 2.05) is 6.07 Å². The second-order valence-corrected chi connectivity index (χ2v) is 11.0. The molecule has 0 atom stereocenters. The summed E-state index contributed by atoms with van der Waals surface area (Å²) in [6.07, 6.45) is 0. The van der Waals surface area contributed by atoms with Crippen LogP contribution in [0.5, 0.6) is 0 Å². The number of hydrogen-bond acceptors (Lipinski definition) is 6. The van der Waals surface area contributed by atoms with Crippen LogP contribution in [-0.4, -0.2) is 50.3 Å². The average Bonchev–Trinajstić information content (AvgIpc) is 2.88. The first-order valence-corrected chi connectivity index (χ1v) is 13.0. The topological polar surface area (TPSA) is 106 Å². The lowest BCUT2D eigenvalue weighted by atomic mass is 10.0. The number of pyridine rings is 1. The Morgan fingerprint density at radius 1 is 1.00 bits per heavy atom. The predicted octanol–water partition coefficient (Wildman–Crippen LogP) is 4.91. The van der Waals surface area contributed by atoms with E-state index in [1.165, 1.54) is 26.2 Å². The highest BCUT2D eigenvalue weighted by molar-refractivity contribution is 7.89. The standard InChI is InChI=1S/C27H24ClN3O5S/c1-17-12-13-18(37(34,35)31(2)3)14-24(17)30-26(32)16-36-27(33)21-15-25(20-9-4-6-10-22(20)28)29-23-11-7-5-8-19(21)23/h4-15H,16H2,1-3H3,(H,30,32). The maximum Gasteiger partial charge on any atom is 0.339 e. The number of ether oxygens (including phenoxy) is 1. The SMILES string of the molecule is Cc1ccc(S(=O)(=O)N(C)C)cc1NC(=O)COC(=O)c1cc(-c2ccccc2Cl)nc2ccccc12. The second-order valence-electron chi connectivity index (χ2n) is 8.44. The largest absolute Gasteiger partial charge is 0.452 e. The molecule has 0 aliphatic heterocycles. The number of fused-ring (bicyclic) bond motifs is 1. The summed E-state index contributed by atoms with van der Waals surface area (Å²) in [5.41, 5.74) is 2.93. The molecular weight excluding hydrogens is 514 g/mol. The summed E-state index contributed by atoms with van der Waals surface area (Å²) in [7, 11) is -0.836. The van der Waals surface area contributed by atoms with Gasteiger partial charge in [-0.15, -0.1) is 0 Å². The van der Waals surface area contributed by atoms with Crippen LogP contribution in [0, 0.1) is 6.92 Å². The van der Waals surface area contributed by atoms with Crippen molar-refractivity contribution in [3.8, 4) is 11.3 Å². The molecule has 3 aromatic carbocycles. The lowest BCUT2D eigenvalue weighted by molar-refractivity contribution is -0.119. The predicted molar refractivity (Wildman–Crippen MR) is 143 cm³/mol. The summed E-state index contributed by atoms with van der Waals surface area (Å²) in [6.45, 7) is 1.16. The van der Waals surface area contributed by atoms with E-state index in [4.69, 9.17) is 16.3 Å². The second kappa shape index (κ2) is 10.7. The van der Waals surface area contributed by atoms with Gasteiger partial charge in [0.25, 0.3) is 5.91 Å². The number of hydrogen-bond donors (Lipinski definition) is 1. The number of para-hydroxylation sites is 1. The number of benzene rings is 3. The molecule has 4 rings (SSSR count). The molecule has 1 heterocycles. The van der Waals surface area contributed by atoms with E-state index in [0.717, 1.165) is 4.31 Å². The summed E-state index contributed by atoms with van der Waals surface area (Å²) >= 11 is 6.34. The molecule has 0 bridgehead atoms. The van der Waals surface area contributed by atoms with Gasteiger partial charge in [0.1, 0.15) is 0 Å². The van der Waals surface area contributed by atoms with Crippen molar-refractivity contribution in [1.29, 1.82) is 0 Å². The number of aromatic nitrogens is 1. The zero-order chi connectivity index (χ0) is 26.7. The molecule has 10 heteroatoms. The Balaban J connectivity index is 1.56. The zero-order valence-corrected chi connectivity index (χ0v) is 21.9. The molecule has 0 unspecified atom stereocenters. The van der Waals surface area contributed by atoms with Crippen LogP contribution >= 0.6 is 11.6 Å². The minimum absolute atomic E-state index is 0.0331. The van der Waals surface area contributed by atoms with Crippen molar-refractivity contribution < 1.29 is 22.7 Å². The quantitative estimate of drug-likeness (QED) is 0.336. The van der Waals surface area contributed by atoms with Crippen LogP contribution in [0.4, 0.5) is 5.69 Å². The molecule has 8 nitrogen and oxygen atoms in total. The molecule has 0 fully saturated rings. The molecule has 0 spiro atoms. The third-order valence-electron chi connectivity index (χ3n) is 5.68. The smallest absolute Gasteiger partial charge is 0.339 e. The van der Waals surface area contributed by atoms with Crippen molar-refractivity contribution in [2.45, 2.75) is 11.8 Å². The minimum Gasteiger partial charge on any atom is -0.452 e. The maximum absolute atomic E-state index is 13.1. The van der Waals surface area contributed by atoms with Crippen LogP contribution in [0.15, 0.2) is 77.7 Å². The maximum atomic E-state index is 13.1. The van der Waals surface area contributed by atoms with Crippen molar-refractivity contribution in [2.75, 3.05) is 26.0 Å². The van der Waals surface area contributed by atoms with Gasteiger partial charge >= 0.3 is 5.97 Å². The van der Waals surface area contributed by atoms with E-state index in [0.29, 0.717) is 38.4 Å². The van der Waals surface area contributed by atoms with Gasteiger partial charge in [-0.3, -0.25) is 4.79 Å². The van der Waals surface area contributed by atoms with Crippen LogP contribution in [-0.2, 0) is 19.6 Å². The van der Waals surface area contributed by atoms with E-state index >= 15 is 0 Å². The number of rotatable bonds is 7. The molecule has 1 N–H and O–H groups in total. The fourth-order valence-electron chi connectivity index (χ4n) is 3.65. The Labute approximate surface area is 219 Å². The van der Waals surface area contributed by atoms with Crippen LogP contribution in [0.25, 0.3) is 22.2 Å². The van der Waals surface area contributed by atoms with Crippen LogP contribution < -0.4 is 5.32 Å². The summed E-state index contributed by atoms with van der Waals surface area (Å²) < 4.78 is 31.3. The number of carbonyl (C=O) groups excluding carboxylic acids is 2. The lowest BCUT2D eigenvalue weighted by Gasteiger charge is -2.14. The minimum atomic E-state index is -3.68. The monoisotopic (exact) mass is 537 g/mol. The highest BCUT2D eigenvalue weighted by Gasteiger charge is 2.20. The average molecular weight is 538 g/mol. The van der Waals surface area contributed by atoms with Crippen LogP contribution in [0.3, 0.4) is 0 Å². The third-order valence-corrected chi connectivity index (χ3v) is 7.82. The first-order valence-electron chi connectivity index (χ1n) is 11.2. The number of carbonyl (C=O) groups is 2. The number of anilines is 1. The van der Waals surface area contributed by atoms with Crippen LogP contribution in [0.2, 0.25) is 5.02 Å². The van der Waals surface area contributed by atoms with Gasteiger partial charge in [-0.2, -0.15) is 0 Å². The van der Waals surface area contributed by atoms with Gasteiger partial charge in [0.05, 0.1) is 21.7 Å². The van der Waals surface area contributed by atoms with Gasteiger partial charge < -0.3 is 10.1 Å². The Kier molecular flexibility index (Phi) is 7.58. The molecule has 37 heavy (non-hydrogen) atoms. The Morgan fingerprint density at radius 2 is 1.70 bits per heavy atom. The van der Waals surface area contributed by atoms with Crippen molar-refractivity contribution in [3.63, 3.8) is 0 Å². The first kappa shape index (κ1) is 26.3. The number of halogens is 1. The lowest BCUT2D eigenvalue weighted by Crippen LogP contribution is -2.24. The van der Waals surface area contributed by atoms with Crippen molar-refractivity contribution in [2.24, 2.45) is 0 Å². The molecular formula is C27H24ClN3O5S. The number of aryl methyl sites for hydroxylation is 1. The molecule has 0 radical (unpaired) electrons. The highest BCUT2D eigenvalue weighted by atomic mass is 35.5. The summed E-state index contributed by atoms with van der Waals surface area (Å²) in [4.78, 5) is 30.3. The molecule has 0 saturated heterocycles. The van der Waals surface area contributed by atoms with Gasteiger partial charge in [0.15, 0.2) is 6.61 Å². The van der Waals surface area contributed by atoms with Crippen molar-refractivity contribution in [3.05, 3.63) is 88.9 Å². The Morgan fingerprint density at radius 3 is 2.43 bits per heavy atom. The van der Waals surface area contributed by atoms with Gasteiger partial charge in [0, 0.05) is 35.8 Å². The Bertz CT molecular complexity index is 1620. The molecule has 1 amide bonds. The van der Waals surface area contributed by atoms with Crippen molar-refractivity contribution in [1.82, 2.24) is 9.29 Å². The van der Waals surface area contributed by atoms with Crippen molar-refractivity contribution >= 4 is 50.1 Å². The Hall–Kier alpha value is -3.79. The van der Waals surface area contributed by atoms with E-state index < -0.39 is 28.5 Å². The number of esters is 1. The summed E-state index contributed by atoms with van der Waals surface area (Å²) in [5.74, 6) is -1.32. The zero-order valence-electron chi connectivity index (χ0n) is 20.4. The van der Waals surface area contributed by atoms with E-state index in [2.05, 4.69) is 10.3 Å². The van der Waals surface area contributed by atoms with Crippen LogP contribution in [0.1, 0.15) is 15.9 Å². The first-order chi connectivity index (χ1) is 17.6. The number of sulfonamides is 1. The number of amides is 1. The van der Waals surface area contributed by atoms with Gasteiger partial charge in [-0.25, -0.2) is 22.5 Å². The molecule has 0 aliphatic carbocycles. The van der Waals surface area contributed by atoms with Gasteiger partial charge in [-0.1, -0.05) is 54.1 Å². The molecule has 0 aliphatic rings. The molecule has 190 valence electrons. The number of nitrogens with zero attached hydrogens (tertiary/aromatic N) is 2. The summed E-state index contributed by atoms with van der Waals surface area (Å²) in [6, 6.07) is 20.3. The number of nitrogens with one attached hydrogen (secondary N) is 1. The summed E-state index contributed by atoms with van der Waals surface area (Å²) in [5, 5.41) is 3.68. The van der Waals surface area contributed by atoms with Gasteiger partial charge in [-0.05, 0) is 42.8 Å². The molecule has 0 saturated carbocycles. The fraction of sp³-hybridized carbons (Fsp3) is 0.148. The normalized spacial score (nSPS) is 11.5. The third kappa shape index (κ3) is 5.64. The van der Waals surface area contributed by atoms with E-state index in [1.54, 1.807) is 61.5 Å². The molecule has 4 aromatic rings. The van der Waals surface area contributed by atoms with E-state index in [9.17, 15) is 18.0 Å². The molecule has 1 aromatic heterocycles.